The third-order valence-electron chi connectivity index (χ3n) is 3.80. The van der Waals surface area contributed by atoms with Gasteiger partial charge in [-0.2, -0.15) is 13.2 Å². The normalized spacial score (nSPS) is 11.6. The highest BCUT2D eigenvalue weighted by molar-refractivity contribution is 6.30. The van der Waals surface area contributed by atoms with Crippen LogP contribution in [-0.4, -0.2) is 22.0 Å². The second kappa shape index (κ2) is 7.48. The second-order valence-electron chi connectivity index (χ2n) is 5.66. The van der Waals surface area contributed by atoms with E-state index in [0.717, 1.165) is 13.2 Å². The van der Waals surface area contributed by atoms with Gasteiger partial charge in [0.1, 0.15) is 16.9 Å². The van der Waals surface area contributed by atoms with E-state index >= 15 is 0 Å². The van der Waals surface area contributed by atoms with E-state index < -0.39 is 67.7 Å². The number of rotatable bonds is 4. The lowest BCUT2D eigenvalue weighted by molar-refractivity contribution is -0.384. The molecule has 0 radical (unpaired) electrons. The minimum Gasteiger partial charge on any atom is -0.494 e. The molecule has 0 amide bonds. The van der Waals surface area contributed by atoms with Crippen molar-refractivity contribution in [3.63, 3.8) is 0 Å². The Kier molecular flexibility index (Phi) is 5.33. The topological polar surface area (TPSA) is 90.2 Å². The van der Waals surface area contributed by atoms with Crippen LogP contribution < -0.4 is 10.1 Å². The van der Waals surface area contributed by atoms with Crippen molar-refractivity contribution in [2.75, 3.05) is 12.4 Å². The Morgan fingerprint density at radius 1 is 1.13 bits per heavy atom. The molecule has 7 nitrogen and oxygen atoms in total. The Bertz CT molecular complexity index is 1190. The number of fused-ring (bicyclic) bond motifs is 1. The maximum atomic E-state index is 14.8. The van der Waals surface area contributed by atoms with Crippen molar-refractivity contribution >= 4 is 39.7 Å². The smallest absolute Gasteiger partial charge is 0.436 e. The summed E-state index contributed by atoms with van der Waals surface area (Å²) in [5.41, 5.74) is -5.36. The Balaban J connectivity index is 2.33. The number of nitro groups is 1. The summed E-state index contributed by atoms with van der Waals surface area (Å²) in [6, 6.07) is 1.46. The van der Waals surface area contributed by atoms with Crippen LogP contribution in [0.5, 0.6) is 5.75 Å². The first-order chi connectivity index (χ1) is 13.9. The highest BCUT2D eigenvalue weighted by atomic mass is 35.5. The summed E-state index contributed by atoms with van der Waals surface area (Å²) in [7, 11) is 1.03. The Labute approximate surface area is 167 Å². The van der Waals surface area contributed by atoms with Crippen LogP contribution in [0, 0.1) is 27.6 Å². The van der Waals surface area contributed by atoms with E-state index in [0.29, 0.717) is 6.07 Å². The van der Waals surface area contributed by atoms with Gasteiger partial charge >= 0.3 is 6.18 Å². The number of hydrogen-bond acceptors (Lipinski definition) is 6. The van der Waals surface area contributed by atoms with Gasteiger partial charge in [0.2, 0.25) is 0 Å². The number of alkyl halides is 3. The quantitative estimate of drug-likeness (QED) is 0.325. The molecule has 158 valence electrons. The van der Waals surface area contributed by atoms with E-state index in [4.69, 9.17) is 16.3 Å². The third kappa shape index (κ3) is 3.75. The Hall–Kier alpha value is -3.35. The fraction of sp³-hybridized carbons (Fsp3) is 0.125. The van der Waals surface area contributed by atoms with E-state index in [-0.39, 0.29) is 11.6 Å². The van der Waals surface area contributed by atoms with E-state index in [2.05, 4.69) is 15.3 Å². The molecule has 0 atom stereocenters. The van der Waals surface area contributed by atoms with Crippen molar-refractivity contribution in [1.29, 1.82) is 0 Å². The molecule has 3 rings (SSSR count). The molecule has 0 saturated heterocycles. The molecule has 0 fully saturated rings. The van der Waals surface area contributed by atoms with Gasteiger partial charge in [0.25, 0.3) is 5.69 Å². The van der Waals surface area contributed by atoms with Gasteiger partial charge in [-0.3, -0.25) is 10.1 Å². The summed E-state index contributed by atoms with van der Waals surface area (Å²) in [5.74, 6) is -4.93. The van der Waals surface area contributed by atoms with Crippen molar-refractivity contribution in [1.82, 2.24) is 9.97 Å². The van der Waals surface area contributed by atoms with Crippen LogP contribution in [0.3, 0.4) is 0 Å². The molecule has 0 spiro atoms. The second-order valence-corrected chi connectivity index (χ2v) is 6.02. The van der Waals surface area contributed by atoms with Gasteiger partial charge in [-0.25, -0.2) is 23.1 Å². The standard InChI is InChI=1S/C16H7ClF6N4O3/c1-30-10-4-8-12(26-14(15(17)25-8)16(21,22)23)13(11(10)20)24-7-2-5(18)6(19)3-9(7)27(28)29/h2-4,24H,1H3. The zero-order valence-electron chi connectivity index (χ0n) is 14.4. The van der Waals surface area contributed by atoms with Crippen LogP contribution in [0.15, 0.2) is 18.2 Å². The van der Waals surface area contributed by atoms with Gasteiger partial charge in [0, 0.05) is 12.1 Å². The number of hydrogen-bond donors (Lipinski definition) is 1. The van der Waals surface area contributed by atoms with E-state index in [1.165, 1.54) is 0 Å². The lowest BCUT2D eigenvalue weighted by atomic mass is 10.2. The predicted octanol–water partition coefficient (Wildman–Crippen LogP) is 5.38. The predicted molar refractivity (Wildman–Crippen MR) is 92.4 cm³/mol. The van der Waals surface area contributed by atoms with Crippen LogP contribution in [0.4, 0.5) is 43.4 Å². The molecule has 0 aliphatic rings. The Morgan fingerprint density at radius 2 is 1.77 bits per heavy atom. The number of aromatic nitrogens is 2. The molecule has 0 aliphatic carbocycles. The maximum absolute atomic E-state index is 14.8. The first-order valence-electron chi connectivity index (χ1n) is 7.65. The monoisotopic (exact) mass is 452 g/mol. The van der Waals surface area contributed by atoms with Crippen molar-refractivity contribution in [2.24, 2.45) is 0 Å². The van der Waals surface area contributed by atoms with Crippen LogP contribution in [0.2, 0.25) is 5.15 Å². The number of benzene rings is 2. The fourth-order valence-electron chi connectivity index (χ4n) is 2.49. The summed E-state index contributed by atoms with van der Waals surface area (Å²) >= 11 is 5.51. The minimum absolute atomic E-state index is 0.224. The van der Waals surface area contributed by atoms with Crippen LogP contribution >= 0.6 is 11.6 Å². The van der Waals surface area contributed by atoms with Gasteiger partial charge in [-0.05, 0) is 0 Å². The molecule has 3 aromatic rings. The SMILES string of the molecule is COc1cc2nc(Cl)c(C(F)(F)F)nc2c(Nc2cc(F)c(F)cc2[N+](=O)[O-])c1F. The van der Waals surface area contributed by atoms with Crippen LogP contribution in [0.1, 0.15) is 5.69 Å². The molecule has 30 heavy (non-hydrogen) atoms. The number of anilines is 2. The molecular weight excluding hydrogens is 446 g/mol. The van der Waals surface area contributed by atoms with Gasteiger partial charge in [-0.1, -0.05) is 11.6 Å². The number of nitrogens with zero attached hydrogens (tertiary/aromatic N) is 3. The molecule has 1 heterocycles. The number of nitrogens with one attached hydrogen (secondary N) is 1. The Morgan fingerprint density at radius 3 is 2.33 bits per heavy atom. The maximum Gasteiger partial charge on any atom is 0.436 e. The number of ether oxygens (including phenoxy) is 1. The molecule has 0 saturated carbocycles. The average molecular weight is 453 g/mol. The minimum atomic E-state index is -5.06. The zero-order chi connectivity index (χ0) is 22.4. The largest absolute Gasteiger partial charge is 0.494 e. The van der Waals surface area contributed by atoms with Crippen molar-refractivity contribution < 1.29 is 36.0 Å². The highest BCUT2D eigenvalue weighted by Gasteiger charge is 2.37. The van der Waals surface area contributed by atoms with Gasteiger partial charge in [-0.15, -0.1) is 0 Å². The fourth-order valence-corrected chi connectivity index (χ4v) is 2.73. The number of methoxy groups -OCH3 is 1. The van der Waals surface area contributed by atoms with Crippen LogP contribution in [-0.2, 0) is 6.18 Å². The number of nitro benzene ring substituents is 1. The summed E-state index contributed by atoms with van der Waals surface area (Å²) in [6.07, 6.45) is -5.06. The molecule has 14 heteroatoms. The van der Waals surface area contributed by atoms with E-state index in [1.807, 2.05) is 0 Å². The summed E-state index contributed by atoms with van der Waals surface area (Å²) < 4.78 is 86.0. The molecule has 0 aliphatic heterocycles. The summed E-state index contributed by atoms with van der Waals surface area (Å²) in [5, 5.41) is 12.2. The zero-order valence-corrected chi connectivity index (χ0v) is 15.2. The van der Waals surface area contributed by atoms with Crippen LogP contribution in [0.25, 0.3) is 11.0 Å². The average Bonchev–Trinajstić information content (AvgIpc) is 2.64. The molecular formula is C16H7ClF6N4O3. The molecule has 0 unspecified atom stereocenters. The van der Waals surface area contributed by atoms with Crippen molar-refractivity contribution in [3.05, 3.63) is 56.6 Å². The van der Waals surface area contributed by atoms with E-state index in [1.54, 1.807) is 0 Å². The first kappa shape index (κ1) is 21.4. The van der Waals surface area contributed by atoms with Gasteiger partial charge < -0.3 is 10.1 Å². The van der Waals surface area contributed by atoms with E-state index in [9.17, 15) is 36.5 Å². The van der Waals surface area contributed by atoms with Crippen molar-refractivity contribution in [3.8, 4) is 5.75 Å². The summed E-state index contributed by atoms with van der Waals surface area (Å²) in [4.78, 5) is 16.8. The lowest BCUT2D eigenvalue weighted by Crippen LogP contribution is -2.12. The molecule has 0 bridgehead atoms. The molecule has 1 aromatic heterocycles. The summed E-state index contributed by atoms with van der Waals surface area (Å²) in [6.45, 7) is 0. The first-order valence-corrected chi connectivity index (χ1v) is 8.03. The lowest BCUT2D eigenvalue weighted by Gasteiger charge is -2.15. The van der Waals surface area contributed by atoms with Gasteiger partial charge in [0.15, 0.2) is 34.0 Å². The molecule has 2 aromatic carbocycles. The molecule has 1 N–H and O–H groups in total. The van der Waals surface area contributed by atoms with Gasteiger partial charge in [0.05, 0.1) is 23.6 Å². The van der Waals surface area contributed by atoms with Crippen molar-refractivity contribution in [2.45, 2.75) is 6.18 Å². The third-order valence-corrected chi connectivity index (χ3v) is 4.07. The highest BCUT2D eigenvalue weighted by Crippen LogP contribution is 2.40. The number of halogens is 7.